The Morgan fingerprint density at radius 1 is 1.50 bits per heavy atom. The van der Waals surface area contributed by atoms with Crippen molar-refractivity contribution < 1.29 is 37.8 Å². The van der Waals surface area contributed by atoms with E-state index < -0.39 is 0 Å². The van der Waals surface area contributed by atoms with Crippen molar-refractivity contribution in [1.82, 2.24) is 9.97 Å². The Morgan fingerprint density at radius 2 is 2.10 bits per heavy atom. The summed E-state index contributed by atoms with van der Waals surface area (Å²) >= 11 is 0. The molecule has 0 amide bonds. The number of nitrogens with zero attached hydrogens (tertiary/aromatic N) is 2. The average Bonchev–Trinajstić information content (AvgIpc) is 1.64. The molecule has 5 N–H and O–H groups in total. The predicted octanol–water partition coefficient (Wildman–Crippen LogP) is 0.479. The van der Waals surface area contributed by atoms with Gasteiger partial charge < -0.3 is 17.0 Å². The van der Waals surface area contributed by atoms with Crippen LogP contribution in [0.15, 0.2) is 12.3 Å². The van der Waals surface area contributed by atoms with Gasteiger partial charge in [-0.25, -0.2) is 4.98 Å². The molecule has 0 aliphatic carbocycles. The largest absolute Gasteiger partial charge is 0.693 e. The minimum atomic E-state index is -0.0995. The monoisotopic (exact) mass is 216 g/mol. The van der Waals surface area contributed by atoms with Gasteiger partial charge >= 0.3 is 0 Å². The predicted molar refractivity (Wildman–Crippen MR) is 33.4 cm³/mol. The number of nitrogen functional groups attached to an aromatic ring is 1. The maximum Gasteiger partial charge on any atom is 0.223 e. The third-order valence-corrected chi connectivity index (χ3v) is 0.660. The molecule has 1 aromatic heterocycles. The van der Waals surface area contributed by atoms with Gasteiger partial charge in [0.25, 0.3) is 0 Å². The fraction of sp³-hybridized carbons (Fsp3) is 0. The van der Waals surface area contributed by atoms with Crippen molar-refractivity contribution in [2.24, 2.45) is 0 Å². The van der Waals surface area contributed by atoms with Crippen LogP contribution in [-0.4, -0.2) is 15.1 Å². The van der Waals surface area contributed by atoms with E-state index in [1.165, 1.54) is 12.3 Å². The van der Waals surface area contributed by atoms with Crippen LogP contribution in [0.25, 0.3) is 6.15 Å². The van der Waals surface area contributed by atoms with Gasteiger partial charge in [0.05, 0.1) is 0 Å². The van der Waals surface area contributed by atoms with Gasteiger partial charge in [0.1, 0.15) is 0 Å². The van der Waals surface area contributed by atoms with Crippen molar-refractivity contribution in [3.8, 4) is 5.88 Å². The molecule has 0 bridgehead atoms. The number of anilines is 1. The van der Waals surface area contributed by atoms with Crippen LogP contribution in [0.4, 0.5) is 5.95 Å². The summed E-state index contributed by atoms with van der Waals surface area (Å²) in [6.45, 7) is 0. The van der Waals surface area contributed by atoms with Gasteiger partial charge in [0.2, 0.25) is 11.8 Å². The van der Waals surface area contributed by atoms with Crippen LogP contribution in [0.1, 0.15) is 0 Å². The first-order valence-electron chi connectivity index (χ1n) is 2.06. The molecule has 0 atom stereocenters. The molecule has 0 aliphatic rings. The van der Waals surface area contributed by atoms with E-state index in [4.69, 9.17) is 10.8 Å². The van der Waals surface area contributed by atoms with Crippen molar-refractivity contribution in [2.75, 3.05) is 5.73 Å². The van der Waals surface area contributed by atoms with Crippen molar-refractivity contribution in [3.63, 3.8) is 0 Å². The molecule has 0 spiro atoms. The minimum absolute atomic E-state index is 0. The van der Waals surface area contributed by atoms with Gasteiger partial charge in [-0.15, -0.1) is 0 Å². The molecule has 0 fully saturated rings. The third-order valence-electron chi connectivity index (χ3n) is 0.660. The zero-order chi connectivity index (χ0) is 5.98. The summed E-state index contributed by atoms with van der Waals surface area (Å²) in [5, 5.41) is 8.58. The molecule has 6 heteroatoms. The van der Waals surface area contributed by atoms with E-state index in [-0.39, 0.29) is 50.7 Å². The van der Waals surface area contributed by atoms with Crippen molar-refractivity contribution in [3.05, 3.63) is 18.4 Å². The van der Waals surface area contributed by atoms with Crippen molar-refractivity contribution in [2.45, 2.75) is 0 Å². The molecule has 5 nitrogen and oxygen atoms in total. The number of hydrogen-bond acceptors (Lipinski definition) is 4. The topological polar surface area (TPSA) is 106 Å². The standard InChI is InChI=1S/C4H5N3O.H2N.Y/c5-4-6-2-1-3(8)7-4;;/h1-2H,(H3,5,6,7,8);1H2;/q;-1;. The summed E-state index contributed by atoms with van der Waals surface area (Å²) in [6, 6.07) is 1.36. The molecule has 1 aromatic rings. The average molecular weight is 216 g/mol. The maximum atomic E-state index is 8.58. The Balaban J connectivity index is 0. The van der Waals surface area contributed by atoms with Crippen LogP contribution in [0.5, 0.6) is 5.88 Å². The molecule has 0 saturated heterocycles. The molecule has 53 valence electrons. The Bertz CT molecular complexity index is 177. The van der Waals surface area contributed by atoms with Crippen LogP contribution >= 0.6 is 0 Å². The molecular formula is C4H7N4OY-. The molecular weight excluding hydrogens is 209 g/mol. The van der Waals surface area contributed by atoms with Gasteiger partial charge in [0.15, 0.2) is 0 Å². The molecule has 1 rings (SSSR count). The Hall–Kier alpha value is -0.256. The zero-order valence-electron chi connectivity index (χ0n) is 5.23. The van der Waals surface area contributed by atoms with Crippen molar-refractivity contribution >= 4 is 5.95 Å². The first-order chi connectivity index (χ1) is 3.79. The number of aromatic hydroxyl groups is 1. The summed E-state index contributed by atoms with van der Waals surface area (Å²) in [6.07, 6.45) is 1.39. The second-order valence-corrected chi connectivity index (χ2v) is 1.27. The second kappa shape index (κ2) is 5.52. The molecule has 10 heavy (non-hydrogen) atoms. The number of rotatable bonds is 0. The third kappa shape index (κ3) is 3.71. The maximum absolute atomic E-state index is 8.58. The molecule has 0 unspecified atom stereocenters. The molecule has 0 saturated carbocycles. The summed E-state index contributed by atoms with van der Waals surface area (Å²) in [5.41, 5.74) is 5.08. The Labute approximate surface area is 83.5 Å². The van der Waals surface area contributed by atoms with Crippen LogP contribution < -0.4 is 5.73 Å². The zero-order valence-corrected chi connectivity index (χ0v) is 8.07. The number of aromatic nitrogens is 2. The van der Waals surface area contributed by atoms with E-state index in [9.17, 15) is 0 Å². The van der Waals surface area contributed by atoms with E-state index in [1.807, 2.05) is 0 Å². The SMILES string of the molecule is Nc1nccc(O)n1.[NH2-].[Y]. The van der Waals surface area contributed by atoms with Gasteiger partial charge in [-0.05, 0) is 0 Å². The molecule has 1 heterocycles. The summed E-state index contributed by atoms with van der Waals surface area (Å²) < 4.78 is 0. The smallest absolute Gasteiger partial charge is 0.223 e. The normalized spacial score (nSPS) is 7.20. The van der Waals surface area contributed by atoms with Crippen LogP contribution in [-0.2, 0) is 32.7 Å². The van der Waals surface area contributed by atoms with E-state index in [0.717, 1.165) is 0 Å². The Morgan fingerprint density at radius 3 is 2.40 bits per heavy atom. The van der Waals surface area contributed by atoms with Gasteiger partial charge in [-0.3, -0.25) is 0 Å². The second-order valence-electron chi connectivity index (χ2n) is 1.27. The molecule has 1 radical (unpaired) electrons. The van der Waals surface area contributed by atoms with Gasteiger partial charge in [0, 0.05) is 45.0 Å². The first kappa shape index (κ1) is 12.4. The minimum Gasteiger partial charge on any atom is -0.693 e. The van der Waals surface area contributed by atoms with Gasteiger partial charge in [-0.1, -0.05) is 0 Å². The van der Waals surface area contributed by atoms with Crippen LogP contribution in [0, 0.1) is 0 Å². The molecule has 0 aliphatic heterocycles. The van der Waals surface area contributed by atoms with E-state index in [2.05, 4.69) is 9.97 Å². The van der Waals surface area contributed by atoms with E-state index in [1.54, 1.807) is 0 Å². The quantitative estimate of drug-likeness (QED) is 0.657. The summed E-state index contributed by atoms with van der Waals surface area (Å²) in [7, 11) is 0. The number of hydrogen-bond donors (Lipinski definition) is 2. The van der Waals surface area contributed by atoms with Crippen molar-refractivity contribution in [1.29, 1.82) is 0 Å². The first-order valence-corrected chi connectivity index (χ1v) is 2.06. The van der Waals surface area contributed by atoms with Crippen LogP contribution in [0.2, 0.25) is 0 Å². The summed E-state index contributed by atoms with van der Waals surface area (Å²) in [4.78, 5) is 6.94. The van der Waals surface area contributed by atoms with E-state index in [0.29, 0.717) is 0 Å². The Kier molecular flexibility index (Phi) is 6.86. The van der Waals surface area contributed by atoms with E-state index >= 15 is 0 Å². The summed E-state index contributed by atoms with van der Waals surface area (Å²) in [5.74, 6) is -0.0116. The van der Waals surface area contributed by atoms with Crippen LogP contribution in [0.3, 0.4) is 0 Å². The fourth-order valence-corrected chi connectivity index (χ4v) is 0.364. The fourth-order valence-electron chi connectivity index (χ4n) is 0.364. The molecule has 0 aromatic carbocycles. The number of nitrogens with two attached hydrogens (primary N) is 2. The van der Waals surface area contributed by atoms with Gasteiger partial charge in [-0.2, -0.15) is 4.98 Å².